The molecule has 0 spiro atoms. The van der Waals surface area contributed by atoms with E-state index in [4.69, 9.17) is 9.84 Å². The Hall–Kier alpha value is -1.83. The number of rotatable bonds is 4. The highest BCUT2D eigenvalue weighted by Crippen LogP contribution is 2.17. The number of hydrogen-bond acceptors (Lipinski definition) is 3. The maximum absolute atomic E-state index is 12.3. The maximum atomic E-state index is 12.3. The van der Waals surface area contributed by atoms with Gasteiger partial charge in [-0.3, -0.25) is 4.79 Å². The van der Waals surface area contributed by atoms with E-state index >= 15 is 0 Å². The molecule has 112 valence electrons. The van der Waals surface area contributed by atoms with Crippen molar-refractivity contribution in [3.63, 3.8) is 0 Å². The van der Waals surface area contributed by atoms with Gasteiger partial charge in [0.05, 0.1) is 19.1 Å². The summed E-state index contributed by atoms with van der Waals surface area (Å²) in [4.78, 5) is 14.0. The Bertz CT molecular complexity index is 538. The molecule has 0 aliphatic carbocycles. The summed E-state index contributed by atoms with van der Waals surface area (Å²) in [5.74, 6) is 6.10. The summed E-state index contributed by atoms with van der Waals surface area (Å²) in [6.45, 7) is 1.81. The molecule has 1 amide bonds. The number of ether oxygens (including phenoxy) is 1. The predicted molar refractivity (Wildman–Crippen MR) is 80.4 cm³/mol. The number of carbonyl (C=O) groups is 1. The Balaban J connectivity index is 2.05. The van der Waals surface area contributed by atoms with Crippen LogP contribution in [0.5, 0.6) is 0 Å². The third-order valence-electron chi connectivity index (χ3n) is 3.54. The van der Waals surface area contributed by atoms with Gasteiger partial charge in [0.1, 0.15) is 0 Å². The van der Waals surface area contributed by atoms with Crippen molar-refractivity contribution in [3.05, 3.63) is 35.4 Å². The Morgan fingerprint density at radius 2 is 2.29 bits per heavy atom. The second kappa shape index (κ2) is 7.82. The first-order valence-electron chi connectivity index (χ1n) is 7.22. The van der Waals surface area contributed by atoms with Gasteiger partial charge in [0.25, 0.3) is 0 Å². The van der Waals surface area contributed by atoms with Crippen molar-refractivity contribution in [2.45, 2.75) is 19.4 Å². The molecule has 0 bridgehead atoms. The van der Waals surface area contributed by atoms with Crippen LogP contribution in [-0.4, -0.2) is 42.8 Å². The largest absolute Gasteiger partial charge is 0.395 e. The molecule has 0 saturated carbocycles. The average Bonchev–Trinajstić information content (AvgIpc) is 3.02. The lowest BCUT2D eigenvalue weighted by Gasteiger charge is -2.21. The number of amides is 1. The summed E-state index contributed by atoms with van der Waals surface area (Å²) in [5, 5.41) is 8.79. The zero-order valence-corrected chi connectivity index (χ0v) is 12.3. The summed E-state index contributed by atoms with van der Waals surface area (Å²) in [7, 11) is 1.82. The second-order valence-electron chi connectivity index (χ2n) is 5.19. The van der Waals surface area contributed by atoms with Gasteiger partial charge in [-0.15, -0.1) is 0 Å². The second-order valence-corrected chi connectivity index (χ2v) is 5.19. The molecule has 0 aromatic heterocycles. The minimum atomic E-state index is -0.0114. The first kappa shape index (κ1) is 15.6. The van der Waals surface area contributed by atoms with Crippen molar-refractivity contribution in [3.8, 4) is 11.8 Å². The molecular formula is C17H21NO3. The summed E-state index contributed by atoms with van der Waals surface area (Å²) in [6, 6.07) is 7.80. The molecule has 1 aromatic carbocycles. The van der Waals surface area contributed by atoms with Crippen LogP contribution in [-0.2, 0) is 16.1 Å². The van der Waals surface area contributed by atoms with Crippen molar-refractivity contribution in [2.24, 2.45) is 5.92 Å². The van der Waals surface area contributed by atoms with Gasteiger partial charge in [-0.1, -0.05) is 30.0 Å². The van der Waals surface area contributed by atoms with Crippen LogP contribution in [0.2, 0.25) is 0 Å². The fourth-order valence-corrected chi connectivity index (χ4v) is 2.37. The third kappa shape index (κ3) is 4.32. The lowest BCUT2D eigenvalue weighted by atomic mass is 10.0. The van der Waals surface area contributed by atoms with E-state index in [2.05, 4.69) is 11.8 Å². The van der Waals surface area contributed by atoms with E-state index in [9.17, 15) is 4.79 Å². The molecule has 4 nitrogen and oxygen atoms in total. The van der Waals surface area contributed by atoms with E-state index in [1.807, 2.05) is 31.3 Å². The highest BCUT2D eigenvalue weighted by Gasteiger charge is 2.26. The van der Waals surface area contributed by atoms with Gasteiger partial charge in [0.15, 0.2) is 0 Å². The predicted octanol–water partition coefficient (Wildman–Crippen LogP) is 1.42. The van der Waals surface area contributed by atoms with Gasteiger partial charge in [0, 0.05) is 32.2 Å². The number of benzene rings is 1. The lowest BCUT2D eigenvalue weighted by Crippen LogP contribution is -2.32. The normalized spacial score (nSPS) is 17.1. The minimum absolute atomic E-state index is 0.0114. The highest BCUT2D eigenvalue weighted by atomic mass is 16.5. The fraction of sp³-hybridized carbons (Fsp3) is 0.471. The monoisotopic (exact) mass is 287 g/mol. The third-order valence-corrected chi connectivity index (χ3v) is 3.54. The molecule has 1 atom stereocenters. The lowest BCUT2D eigenvalue weighted by molar-refractivity contribution is -0.134. The molecule has 1 aliphatic heterocycles. The zero-order valence-electron chi connectivity index (χ0n) is 12.3. The summed E-state index contributed by atoms with van der Waals surface area (Å²) >= 11 is 0. The van der Waals surface area contributed by atoms with Crippen LogP contribution in [0.25, 0.3) is 0 Å². The van der Waals surface area contributed by atoms with Crippen LogP contribution in [0.1, 0.15) is 24.0 Å². The van der Waals surface area contributed by atoms with Crippen LogP contribution in [0.15, 0.2) is 24.3 Å². The molecule has 21 heavy (non-hydrogen) atoms. The molecule has 0 radical (unpaired) electrons. The highest BCUT2D eigenvalue weighted by molar-refractivity contribution is 5.79. The Morgan fingerprint density at radius 1 is 1.48 bits per heavy atom. The molecule has 1 fully saturated rings. The minimum Gasteiger partial charge on any atom is -0.395 e. The Labute approximate surface area is 125 Å². The molecule has 1 aliphatic rings. The van der Waals surface area contributed by atoms with Gasteiger partial charge < -0.3 is 14.7 Å². The average molecular weight is 287 g/mol. The molecule has 1 unspecified atom stereocenters. The first-order chi connectivity index (χ1) is 10.2. The molecule has 2 rings (SSSR count). The van der Waals surface area contributed by atoms with Gasteiger partial charge in [-0.05, 0) is 18.1 Å². The number of aliphatic hydroxyl groups excluding tert-OH is 1. The van der Waals surface area contributed by atoms with E-state index in [1.54, 1.807) is 4.90 Å². The van der Waals surface area contributed by atoms with Crippen LogP contribution in [0.3, 0.4) is 0 Å². The van der Waals surface area contributed by atoms with Gasteiger partial charge in [0.2, 0.25) is 5.91 Å². The topological polar surface area (TPSA) is 49.8 Å². The van der Waals surface area contributed by atoms with Crippen molar-refractivity contribution < 1.29 is 14.6 Å². The van der Waals surface area contributed by atoms with E-state index < -0.39 is 0 Å². The Morgan fingerprint density at radius 3 is 3.00 bits per heavy atom. The van der Waals surface area contributed by atoms with Gasteiger partial charge in [-0.25, -0.2) is 0 Å². The SMILES string of the molecule is CN(Cc1ccccc1C#CCCO)C(=O)C1CCOC1. The van der Waals surface area contributed by atoms with Crippen molar-refractivity contribution in [2.75, 3.05) is 26.9 Å². The molecule has 1 aromatic rings. The van der Waals surface area contributed by atoms with Crippen molar-refractivity contribution >= 4 is 5.91 Å². The number of nitrogens with zero attached hydrogens (tertiary/aromatic N) is 1. The summed E-state index contributed by atoms with van der Waals surface area (Å²) < 4.78 is 5.27. The number of hydrogen-bond donors (Lipinski definition) is 1. The quantitative estimate of drug-likeness (QED) is 0.852. The van der Waals surface area contributed by atoms with Gasteiger partial charge in [-0.2, -0.15) is 0 Å². The number of aliphatic hydroxyl groups is 1. The molecule has 1 heterocycles. The van der Waals surface area contributed by atoms with Crippen LogP contribution in [0, 0.1) is 17.8 Å². The van der Waals surface area contributed by atoms with Crippen molar-refractivity contribution in [1.82, 2.24) is 4.90 Å². The Kier molecular flexibility index (Phi) is 5.79. The molecule has 1 N–H and O–H groups in total. The van der Waals surface area contributed by atoms with E-state index in [0.717, 1.165) is 17.5 Å². The molecule has 1 saturated heterocycles. The smallest absolute Gasteiger partial charge is 0.228 e. The van der Waals surface area contributed by atoms with E-state index in [1.165, 1.54) is 0 Å². The first-order valence-corrected chi connectivity index (χ1v) is 7.22. The summed E-state index contributed by atoms with van der Waals surface area (Å²) in [6.07, 6.45) is 1.27. The molecular weight excluding hydrogens is 266 g/mol. The van der Waals surface area contributed by atoms with Crippen molar-refractivity contribution in [1.29, 1.82) is 0 Å². The number of carbonyl (C=O) groups excluding carboxylic acids is 1. The van der Waals surface area contributed by atoms with Crippen LogP contribution in [0.4, 0.5) is 0 Å². The standard InChI is InChI=1S/C17H21NO3/c1-18(17(20)16-9-11-21-13-16)12-15-8-3-2-6-14(15)7-4-5-10-19/h2-3,6,8,16,19H,5,9-13H2,1H3. The van der Waals surface area contributed by atoms with E-state index in [-0.39, 0.29) is 18.4 Å². The van der Waals surface area contributed by atoms with Crippen LogP contribution >= 0.6 is 0 Å². The fourth-order valence-electron chi connectivity index (χ4n) is 2.37. The zero-order chi connectivity index (χ0) is 15.1. The van der Waals surface area contributed by atoms with Crippen LogP contribution < -0.4 is 0 Å². The summed E-state index contributed by atoms with van der Waals surface area (Å²) in [5.41, 5.74) is 1.94. The maximum Gasteiger partial charge on any atom is 0.228 e. The molecule has 4 heteroatoms. The van der Waals surface area contributed by atoms with Gasteiger partial charge >= 0.3 is 0 Å². The van der Waals surface area contributed by atoms with E-state index in [0.29, 0.717) is 26.2 Å².